The Morgan fingerprint density at radius 2 is 1.79 bits per heavy atom. The molecule has 0 fully saturated rings. The summed E-state index contributed by atoms with van der Waals surface area (Å²) < 4.78 is 11.8. The van der Waals surface area contributed by atoms with Crippen LogP contribution in [0.15, 0.2) is 83.7 Å². The SMILES string of the molecule is COc1cncc(-c2ccc3nc(Nc4ccc(-c5ccco5)cc4)sc3c2)c1. The fourth-order valence-corrected chi connectivity index (χ4v) is 4.06. The molecule has 1 N–H and O–H groups in total. The number of thiazole rings is 1. The second-order valence-corrected chi connectivity index (χ2v) is 7.53. The van der Waals surface area contributed by atoms with E-state index in [2.05, 4.69) is 22.4 Å². The molecule has 0 aliphatic rings. The molecule has 5 nitrogen and oxygen atoms in total. The average Bonchev–Trinajstić information content (AvgIpc) is 3.43. The Hall–Kier alpha value is -3.64. The van der Waals surface area contributed by atoms with Crippen molar-refractivity contribution in [3.63, 3.8) is 0 Å². The number of nitrogens with one attached hydrogen (secondary N) is 1. The molecule has 0 atom stereocenters. The molecule has 0 saturated carbocycles. The summed E-state index contributed by atoms with van der Waals surface area (Å²) in [6.07, 6.45) is 5.22. The fourth-order valence-electron chi connectivity index (χ4n) is 3.13. The first-order valence-corrected chi connectivity index (χ1v) is 9.91. The van der Waals surface area contributed by atoms with Gasteiger partial charge >= 0.3 is 0 Å². The quantitative estimate of drug-likeness (QED) is 0.372. The predicted molar refractivity (Wildman–Crippen MR) is 117 cm³/mol. The minimum atomic E-state index is 0.743. The molecular formula is C23H17N3O2S. The Kier molecular flexibility index (Phi) is 4.46. The molecule has 5 rings (SSSR count). The number of benzene rings is 2. The van der Waals surface area contributed by atoms with Gasteiger partial charge in [-0.3, -0.25) is 4.98 Å². The summed E-state index contributed by atoms with van der Waals surface area (Å²) in [5, 5.41) is 4.24. The van der Waals surface area contributed by atoms with Gasteiger partial charge in [0.05, 0.1) is 29.8 Å². The molecule has 3 heterocycles. The number of pyridine rings is 1. The highest BCUT2D eigenvalue weighted by molar-refractivity contribution is 7.22. The highest BCUT2D eigenvalue weighted by Crippen LogP contribution is 2.33. The Morgan fingerprint density at radius 1 is 0.931 bits per heavy atom. The highest BCUT2D eigenvalue weighted by atomic mass is 32.1. The van der Waals surface area contributed by atoms with Gasteiger partial charge in [-0.25, -0.2) is 4.98 Å². The van der Waals surface area contributed by atoms with Gasteiger partial charge < -0.3 is 14.5 Å². The van der Waals surface area contributed by atoms with Crippen LogP contribution in [0.5, 0.6) is 5.75 Å². The zero-order chi connectivity index (χ0) is 19.6. The maximum absolute atomic E-state index is 5.44. The van der Waals surface area contributed by atoms with E-state index in [1.165, 1.54) is 0 Å². The maximum atomic E-state index is 5.44. The van der Waals surface area contributed by atoms with Crippen molar-refractivity contribution in [2.24, 2.45) is 0 Å². The monoisotopic (exact) mass is 399 g/mol. The van der Waals surface area contributed by atoms with Gasteiger partial charge in [-0.05, 0) is 60.2 Å². The number of rotatable bonds is 5. The molecule has 5 aromatic rings. The minimum absolute atomic E-state index is 0.743. The number of hydrogen-bond donors (Lipinski definition) is 1. The third kappa shape index (κ3) is 3.58. The van der Waals surface area contributed by atoms with Crippen LogP contribution in [0.4, 0.5) is 10.8 Å². The van der Waals surface area contributed by atoms with Crippen molar-refractivity contribution in [3.8, 4) is 28.2 Å². The Bertz CT molecular complexity index is 1260. The summed E-state index contributed by atoms with van der Waals surface area (Å²) in [5.41, 5.74) is 5.09. The van der Waals surface area contributed by atoms with E-state index in [-0.39, 0.29) is 0 Å². The van der Waals surface area contributed by atoms with Gasteiger partial charge in [0.25, 0.3) is 0 Å². The highest BCUT2D eigenvalue weighted by Gasteiger charge is 2.08. The number of anilines is 2. The summed E-state index contributed by atoms with van der Waals surface area (Å²) >= 11 is 1.62. The van der Waals surface area contributed by atoms with E-state index in [9.17, 15) is 0 Å². The van der Waals surface area contributed by atoms with Crippen LogP contribution in [-0.2, 0) is 0 Å². The number of nitrogens with zero attached hydrogens (tertiary/aromatic N) is 2. The molecule has 6 heteroatoms. The topological polar surface area (TPSA) is 60.2 Å². The molecule has 29 heavy (non-hydrogen) atoms. The summed E-state index contributed by atoms with van der Waals surface area (Å²) in [4.78, 5) is 8.94. The van der Waals surface area contributed by atoms with Gasteiger partial charge in [0, 0.05) is 23.0 Å². The van der Waals surface area contributed by atoms with Crippen molar-refractivity contribution in [2.45, 2.75) is 0 Å². The third-order valence-electron chi connectivity index (χ3n) is 4.61. The van der Waals surface area contributed by atoms with Crippen LogP contribution in [0, 0.1) is 0 Å². The van der Waals surface area contributed by atoms with Crippen molar-refractivity contribution in [3.05, 3.63) is 79.3 Å². The van der Waals surface area contributed by atoms with E-state index < -0.39 is 0 Å². The van der Waals surface area contributed by atoms with Crippen LogP contribution in [-0.4, -0.2) is 17.1 Å². The molecule has 0 aliphatic heterocycles. The average molecular weight is 399 g/mol. The van der Waals surface area contributed by atoms with Crippen LogP contribution >= 0.6 is 11.3 Å². The van der Waals surface area contributed by atoms with Crippen molar-refractivity contribution in [1.82, 2.24) is 9.97 Å². The summed E-state index contributed by atoms with van der Waals surface area (Å²) in [5.74, 6) is 1.60. The first kappa shape index (κ1) is 17.5. The van der Waals surface area contributed by atoms with Gasteiger partial charge in [0.15, 0.2) is 5.13 Å². The number of furan rings is 1. The number of ether oxygens (including phenoxy) is 1. The largest absolute Gasteiger partial charge is 0.495 e. The molecule has 0 amide bonds. The molecular weight excluding hydrogens is 382 g/mol. The maximum Gasteiger partial charge on any atom is 0.188 e. The van der Waals surface area contributed by atoms with E-state index in [0.717, 1.165) is 49.2 Å². The molecule has 2 aromatic carbocycles. The number of fused-ring (bicyclic) bond motifs is 1. The zero-order valence-corrected chi connectivity index (χ0v) is 16.4. The lowest BCUT2D eigenvalue weighted by Gasteiger charge is -2.03. The van der Waals surface area contributed by atoms with Crippen LogP contribution in [0.2, 0.25) is 0 Å². The summed E-state index contributed by atoms with van der Waals surface area (Å²) in [7, 11) is 1.65. The Labute approximate surface area is 171 Å². The Morgan fingerprint density at radius 3 is 2.59 bits per heavy atom. The van der Waals surface area contributed by atoms with Crippen molar-refractivity contribution in [1.29, 1.82) is 0 Å². The zero-order valence-electron chi connectivity index (χ0n) is 15.6. The first-order chi connectivity index (χ1) is 14.3. The van der Waals surface area contributed by atoms with Gasteiger partial charge in [-0.1, -0.05) is 17.4 Å². The minimum Gasteiger partial charge on any atom is -0.495 e. The normalized spacial score (nSPS) is 10.9. The van der Waals surface area contributed by atoms with Crippen LogP contribution in [0.3, 0.4) is 0 Å². The van der Waals surface area contributed by atoms with E-state index in [1.807, 2.05) is 54.7 Å². The van der Waals surface area contributed by atoms with Crippen molar-refractivity contribution in [2.75, 3.05) is 12.4 Å². The lowest BCUT2D eigenvalue weighted by molar-refractivity contribution is 0.413. The van der Waals surface area contributed by atoms with Crippen LogP contribution < -0.4 is 10.1 Å². The van der Waals surface area contributed by atoms with E-state index in [0.29, 0.717) is 0 Å². The van der Waals surface area contributed by atoms with Gasteiger partial charge in [0.1, 0.15) is 11.5 Å². The van der Waals surface area contributed by atoms with E-state index in [1.54, 1.807) is 30.9 Å². The standard InChI is InChI=1S/C23H17N3O2S/c1-27-19-11-17(13-24-14-19)16-6-9-20-22(12-16)29-23(26-20)25-18-7-4-15(5-8-18)21-3-2-10-28-21/h2-14H,1H3,(H,25,26). The van der Waals surface area contributed by atoms with Crippen LogP contribution in [0.25, 0.3) is 32.7 Å². The number of methoxy groups -OCH3 is 1. The molecule has 0 unspecified atom stereocenters. The number of hydrogen-bond acceptors (Lipinski definition) is 6. The second kappa shape index (κ2) is 7.41. The smallest absolute Gasteiger partial charge is 0.188 e. The molecule has 3 aromatic heterocycles. The molecule has 142 valence electrons. The predicted octanol–water partition coefficient (Wildman–Crippen LogP) is 6.37. The molecule has 0 bridgehead atoms. The molecule has 0 spiro atoms. The van der Waals surface area contributed by atoms with E-state index in [4.69, 9.17) is 14.1 Å². The Balaban J connectivity index is 1.40. The molecule has 0 radical (unpaired) electrons. The van der Waals surface area contributed by atoms with Crippen molar-refractivity contribution < 1.29 is 9.15 Å². The van der Waals surface area contributed by atoms with Gasteiger partial charge in [0.2, 0.25) is 0 Å². The fraction of sp³-hybridized carbons (Fsp3) is 0.0435. The van der Waals surface area contributed by atoms with Crippen LogP contribution in [0.1, 0.15) is 0 Å². The second-order valence-electron chi connectivity index (χ2n) is 6.49. The summed E-state index contributed by atoms with van der Waals surface area (Å²) in [6, 6.07) is 20.2. The van der Waals surface area contributed by atoms with E-state index >= 15 is 0 Å². The van der Waals surface area contributed by atoms with Gasteiger partial charge in [-0.15, -0.1) is 0 Å². The van der Waals surface area contributed by atoms with Crippen molar-refractivity contribution >= 4 is 32.4 Å². The number of aromatic nitrogens is 2. The van der Waals surface area contributed by atoms with Gasteiger partial charge in [-0.2, -0.15) is 0 Å². The molecule has 0 saturated heterocycles. The lowest BCUT2D eigenvalue weighted by Crippen LogP contribution is -1.88. The third-order valence-corrected chi connectivity index (χ3v) is 5.55. The summed E-state index contributed by atoms with van der Waals surface area (Å²) in [6.45, 7) is 0. The lowest BCUT2D eigenvalue weighted by atomic mass is 10.1. The molecule has 0 aliphatic carbocycles. The first-order valence-electron chi connectivity index (χ1n) is 9.09.